The van der Waals surface area contributed by atoms with Crippen molar-refractivity contribution in [3.05, 3.63) is 56.0 Å². The second-order valence-electron chi connectivity index (χ2n) is 5.81. The minimum absolute atomic E-state index is 0.0370. The Labute approximate surface area is 170 Å². The molecule has 6 nitrogen and oxygen atoms in total. The van der Waals surface area contributed by atoms with Gasteiger partial charge in [-0.15, -0.1) is 0 Å². The monoisotopic (exact) mass is 438 g/mol. The minimum atomic E-state index is -1.07. The summed E-state index contributed by atoms with van der Waals surface area (Å²) in [6, 6.07) is 5.30. The first-order valence-electron chi connectivity index (χ1n) is 7.00. The number of halogens is 4. The van der Waals surface area contributed by atoms with E-state index in [4.69, 9.17) is 56.2 Å². The first kappa shape index (κ1) is 22.4. The molecule has 0 aliphatic carbocycles. The van der Waals surface area contributed by atoms with Gasteiger partial charge in [0.15, 0.2) is 0 Å². The van der Waals surface area contributed by atoms with E-state index in [2.05, 4.69) is 9.97 Å². The highest BCUT2D eigenvalue weighted by Gasteiger charge is 2.18. The highest BCUT2D eigenvalue weighted by molar-refractivity contribution is 6.33. The molecule has 0 saturated heterocycles. The zero-order chi connectivity index (χ0) is 20.1. The molecule has 0 aliphatic rings. The van der Waals surface area contributed by atoms with Gasteiger partial charge in [-0.1, -0.05) is 46.4 Å². The van der Waals surface area contributed by atoms with Crippen molar-refractivity contribution >= 4 is 58.3 Å². The summed E-state index contributed by atoms with van der Waals surface area (Å²) in [6.07, 6.45) is 0. The molecule has 0 aromatic carbocycles. The van der Waals surface area contributed by atoms with E-state index in [9.17, 15) is 9.59 Å². The van der Waals surface area contributed by atoms with E-state index >= 15 is 0 Å². The maximum atomic E-state index is 11.6. The number of ether oxygens (including phenoxy) is 1. The van der Waals surface area contributed by atoms with Crippen LogP contribution in [0.2, 0.25) is 20.6 Å². The van der Waals surface area contributed by atoms with Crippen molar-refractivity contribution in [3.8, 4) is 0 Å². The van der Waals surface area contributed by atoms with E-state index in [0.29, 0.717) is 5.56 Å². The van der Waals surface area contributed by atoms with Crippen molar-refractivity contribution in [2.45, 2.75) is 26.4 Å². The van der Waals surface area contributed by atoms with Crippen LogP contribution in [-0.4, -0.2) is 32.6 Å². The van der Waals surface area contributed by atoms with Crippen LogP contribution in [0.1, 0.15) is 41.5 Å². The fourth-order valence-electron chi connectivity index (χ4n) is 1.51. The molecule has 1 N–H and O–H groups in total. The molecule has 0 bridgehead atoms. The topological polar surface area (TPSA) is 89.4 Å². The molecule has 140 valence electrons. The molecule has 0 aliphatic heterocycles. The number of carboxylic acids is 1. The number of rotatable bonds is 2. The summed E-state index contributed by atoms with van der Waals surface area (Å²) in [4.78, 5) is 29.3. The lowest BCUT2D eigenvalue weighted by molar-refractivity contribution is 0.00692. The normalized spacial score (nSPS) is 10.6. The highest BCUT2D eigenvalue weighted by atomic mass is 35.5. The minimum Gasteiger partial charge on any atom is -0.478 e. The van der Waals surface area contributed by atoms with Crippen molar-refractivity contribution < 1.29 is 19.4 Å². The average molecular weight is 440 g/mol. The van der Waals surface area contributed by atoms with Gasteiger partial charge in [-0.05, 0) is 45.0 Å². The number of nitrogens with zero attached hydrogens (tertiary/aromatic N) is 2. The molecule has 10 heteroatoms. The van der Waals surface area contributed by atoms with Crippen molar-refractivity contribution in [1.82, 2.24) is 9.97 Å². The summed E-state index contributed by atoms with van der Waals surface area (Å²) < 4.78 is 5.15. The van der Waals surface area contributed by atoms with E-state index in [1.54, 1.807) is 20.8 Å². The number of hydrogen-bond donors (Lipinski definition) is 1. The Morgan fingerprint density at radius 1 is 0.846 bits per heavy atom. The number of carboxylic acid groups (broad SMARTS) is 1. The van der Waals surface area contributed by atoms with Gasteiger partial charge >= 0.3 is 11.9 Å². The molecular weight excluding hydrogens is 426 g/mol. The molecule has 0 spiro atoms. The first-order chi connectivity index (χ1) is 11.9. The summed E-state index contributed by atoms with van der Waals surface area (Å²) in [5.41, 5.74) is -0.204. The number of carbonyl (C=O) groups is 2. The van der Waals surface area contributed by atoms with Gasteiger partial charge in [-0.2, -0.15) is 0 Å². The standard InChI is InChI=1S/C10H11Cl2NO2.C6H3Cl2NO2/c1-10(2,3)15-9(14)6-4-7(11)13-8(12)5-6;7-4-1-3(6(10)11)2-5(8)9-4/h4-5H,1-3H3;1-2H,(H,10,11). The van der Waals surface area contributed by atoms with E-state index in [1.165, 1.54) is 24.3 Å². The third-order valence-electron chi connectivity index (χ3n) is 2.41. The lowest BCUT2D eigenvalue weighted by atomic mass is 10.2. The number of hydrogen-bond acceptors (Lipinski definition) is 5. The van der Waals surface area contributed by atoms with E-state index < -0.39 is 17.5 Å². The van der Waals surface area contributed by atoms with Gasteiger partial charge in [0.25, 0.3) is 0 Å². The van der Waals surface area contributed by atoms with Crippen LogP contribution in [0.25, 0.3) is 0 Å². The van der Waals surface area contributed by atoms with Crippen LogP contribution in [0.5, 0.6) is 0 Å². The third-order valence-corrected chi connectivity index (χ3v) is 3.18. The maximum Gasteiger partial charge on any atom is 0.338 e. The van der Waals surface area contributed by atoms with Gasteiger partial charge in [0.2, 0.25) is 0 Å². The lowest BCUT2D eigenvalue weighted by Gasteiger charge is -2.19. The molecule has 0 atom stereocenters. The lowest BCUT2D eigenvalue weighted by Crippen LogP contribution is -2.23. The maximum absolute atomic E-state index is 11.6. The SMILES string of the molecule is CC(C)(C)OC(=O)c1cc(Cl)nc(Cl)c1.O=C(O)c1cc(Cl)nc(Cl)c1. The summed E-state index contributed by atoms with van der Waals surface area (Å²) in [5, 5.41) is 8.99. The Balaban J connectivity index is 0.000000273. The molecule has 0 fully saturated rings. The third kappa shape index (κ3) is 8.19. The Morgan fingerprint density at radius 2 is 1.19 bits per heavy atom. The quantitative estimate of drug-likeness (QED) is 0.495. The summed E-state index contributed by atoms with van der Waals surface area (Å²) in [6.45, 7) is 5.36. The smallest absolute Gasteiger partial charge is 0.338 e. The van der Waals surface area contributed by atoms with E-state index in [0.717, 1.165) is 0 Å². The first-order valence-corrected chi connectivity index (χ1v) is 8.51. The molecule has 2 aromatic rings. The predicted molar refractivity (Wildman–Crippen MR) is 101 cm³/mol. The van der Waals surface area contributed by atoms with Gasteiger partial charge in [0.05, 0.1) is 11.1 Å². The molecule has 0 unspecified atom stereocenters. The van der Waals surface area contributed by atoms with Crippen LogP contribution in [0.3, 0.4) is 0 Å². The summed E-state index contributed by atoms with van der Waals surface area (Å²) in [7, 11) is 0. The molecule has 0 amide bonds. The van der Waals surface area contributed by atoms with E-state index in [-0.39, 0.29) is 26.2 Å². The zero-order valence-electron chi connectivity index (χ0n) is 13.9. The molecule has 2 rings (SSSR count). The van der Waals surface area contributed by atoms with Crippen LogP contribution >= 0.6 is 46.4 Å². The highest BCUT2D eigenvalue weighted by Crippen LogP contribution is 2.18. The molecule has 26 heavy (non-hydrogen) atoms. The number of esters is 1. The van der Waals surface area contributed by atoms with Crippen molar-refractivity contribution in [2.75, 3.05) is 0 Å². The van der Waals surface area contributed by atoms with Crippen molar-refractivity contribution in [2.24, 2.45) is 0 Å². The average Bonchev–Trinajstić information content (AvgIpc) is 2.44. The van der Waals surface area contributed by atoms with Gasteiger partial charge in [-0.25, -0.2) is 19.6 Å². The molecule has 0 radical (unpaired) electrons. The number of pyridine rings is 2. The number of aromatic carboxylic acids is 1. The fraction of sp³-hybridized carbons (Fsp3) is 0.250. The van der Waals surface area contributed by atoms with Gasteiger partial charge in [0, 0.05) is 0 Å². The van der Waals surface area contributed by atoms with Crippen LogP contribution in [0, 0.1) is 0 Å². The molecular formula is C16H14Cl4N2O4. The van der Waals surface area contributed by atoms with Crippen molar-refractivity contribution in [1.29, 1.82) is 0 Å². The van der Waals surface area contributed by atoms with Crippen LogP contribution in [0.15, 0.2) is 24.3 Å². The second-order valence-corrected chi connectivity index (χ2v) is 7.36. The van der Waals surface area contributed by atoms with Crippen LogP contribution in [-0.2, 0) is 4.74 Å². The second kappa shape index (κ2) is 9.37. The number of aromatic nitrogens is 2. The Morgan fingerprint density at radius 3 is 1.50 bits per heavy atom. The Bertz CT molecular complexity index is 782. The Hall–Kier alpha value is -1.60. The number of carbonyl (C=O) groups excluding carboxylic acids is 1. The molecule has 2 aromatic heterocycles. The van der Waals surface area contributed by atoms with E-state index in [1.807, 2.05) is 0 Å². The van der Waals surface area contributed by atoms with Gasteiger partial charge < -0.3 is 9.84 Å². The largest absolute Gasteiger partial charge is 0.478 e. The zero-order valence-corrected chi connectivity index (χ0v) is 16.9. The van der Waals surface area contributed by atoms with Crippen LogP contribution < -0.4 is 0 Å². The van der Waals surface area contributed by atoms with Crippen LogP contribution in [0.4, 0.5) is 0 Å². The van der Waals surface area contributed by atoms with Gasteiger partial charge in [0.1, 0.15) is 26.2 Å². The predicted octanol–water partition coefficient (Wildman–Crippen LogP) is 5.43. The fourth-order valence-corrected chi connectivity index (χ4v) is 2.43. The van der Waals surface area contributed by atoms with Gasteiger partial charge in [-0.3, -0.25) is 0 Å². The molecule has 0 saturated carbocycles. The summed E-state index contributed by atoms with van der Waals surface area (Å²) in [5.74, 6) is -1.54. The van der Waals surface area contributed by atoms with Crippen molar-refractivity contribution in [3.63, 3.8) is 0 Å². The Kier molecular flexibility index (Phi) is 8.09. The molecule has 2 heterocycles. The summed E-state index contributed by atoms with van der Waals surface area (Å²) >= 11 is 22.2.